The second-order valence-corrected chi connectivity index (χ2v) is 10.5. The molecule has 4 atom stereocenters. The van der Waals surface area contributed by atoms with E-state index in [1.165, 1.54) is 0 Å². The van der Waals surface area contributed by atoms with Gasteiger partial charge in [-0.1, -0.05) is 24.3 Å². The van der Waals surface area contributed by atoms with Crippen LogP contribution in [0.1, 0.15) is 36.8 Å². The molecule has 3 aromatic rings. The third-order valence-electron chi connectivity index (χ3n) is 8.78. The number of nitrogens with zero attached hydrogens (tertiary/aromatic N) is 3. The third kappa shape index (κ3) is 3.66. The standard InChI is InChI=1S/C31H27N3O4/c32-17-21-5-8-23(9-6-21)37-16-14-30-12-13-31(38-30,29(36)11-15-35)27-20-34(19-26(27)30)28-10-7-22(18-33)24-3-1-2-4-25(24)28/h1-10,15,26-27H,11-14,16,19-20H2. The van der Waals surface area contributed by atoms with E-state index in [0.29, 0.717) is 49.2 Å². The van der Waals surface area contributed by atoms with Crippen molar-refractivity contribution in [2.24, 2.45) is 11.8 Å². The number of fused-ring (bicyclic) bond motifs is 6. The first-order valence-corrected chi connectivity index (χ1v) is 13.0. The first-order valence-electron chi connectivity index (χ1n) is 13.0. The number of rotatable bonds is 8. The zero-order chi connectivity index (χ0) is 26.3. The average molecular weight is 506 g/mol. The Morgan fingerprint density at radius 1 is 1.00 bits per heavy atom. The molecule has 6 rings (SSSR count). The monoisotopic (exact) mass is 505 g/mol. The van der Waals surface area contributed by atoms with Gasteiger partial charge >= 0.3 is 0 Å². The lowest BCUT2D eigenvalue weighted by Crippen LogP contribution is -2.46. The number of Topliss-reactive ketones (excluding diaryl/α,β-unsaturated/α-hetero) is 1. The summed E-state index contributed by atoms with van der Waals surface area (Å²) < 4.78 is 12.7. The minimum atomic E-state index is -0.947. The molecule has 3 fully saturated rings. The lowest BCUT2D eigenvalue weighted by atomic mass is 9.66. The van der Waals surface area contributed by atoms with E-state index in [1.807, 2.05) is 36.4 Å². The van der Waals surface area contributed by atoms with Crippen molar-refractivity contribution in [2.75, 3.05) is 24.6 Å². The molecule has 0 N–H and O–H groups in total. The molecule has 3 saturated heterocycles. The van der Waals surface area contributed by atoms with E-state index >= 15 is 0 Å². The van der Waals surface area contributed by atoms with Gasteiger partial charge in [-0.2, -0.15) is 10.5 Å². The molecule has 7 heteroatoms. The van der Waals surface area contributed by atoms with E-state index in [-0.39, 0.29) is 24.0 Å². The van der Waals surface area contributed by atoms with Crippen LogP contribution in [0.2, 0.25) is 0 Å². The number of carbonyl (C=O) groups is 2. The Bertz CT molecular complexity index is 1500. The maximum atomic E-state index is 13.3. The summed E-state index contributed by atoms with van der Waals surface area (Å²) in [6, 6.07) is 23.2. The molecule has 0 saturated carbocycles. The van der Waals surface area contributed by atoms with Gasteiger partial charge in [-0.05, 0) is 49.2 Å². The number of hydrogen-bond donors (Lipinski definition) is 0. The fraction of sp³-hybridized carbons (Fsp3) is 0.355. The highest BCUT2D eigenvalue weighted by atomic mass is 16.5. The minimum Gasteiger partial charge on any atom is -0.493 e. The second kappa shape index (κ2) is 9.28. The van der Waals surface area contributed by atoms with Crippen molar-refractivity contribution in [3.05, 3.63) is 71.8 Å². The van der Waals surface area contributed by atoms with E-state index < -0.39 is 11.2 Å². The van der Waals surface area contributed by atoms with E-state index in [9.17, 15) is 14.9 Å². The largest absolute Gasteiger partial charge is 0.493 e. The van der Waals surface area contributed by atoms with Crippen molar-refractivity contribution >= 4 is 28.5 Å². The summed E-state index contributed by atoms with van der Waals surface area (Å²) in [6.07, 6.45) is 2.53. The molecule has 3 aromatic carbocycles. The van der Waals surface area contributed by atoms with Gasteiger partial charge in [-0.15, -0.1) is 0 Å². The normalized spacial score (nSPS) is 27.1. The molecule has 7 nitrogen and oxygen atoms in total. The van der Waals surface area contributed by atoms with E-state index in [0.717, 1.165) is 29.4 Å². The van der Waals surface area contributed by atoms with Crippen LogP contribution in [0.3, 0.4) is 0 Å². The Morgan fingerprint density at radius 3 is 2.50 bits per heavy atom. The lowest BCUT2D eigenvalue weighted by molar-refractivity contribution is -0.146. The highest BCUT2D eigenvalue weighted by Crippen LogP contribution is 2.62. The molecule has 0 spiro atoms. The summed E-state index contributed by atoms with van der Waals surface area (Å²) in [5.41, 5.74) is 0.814. The van der Waals surface area contributed by atoms with Crippen molar-refractivity contribution in [2.45, 2.75) is 36.9 Å². The van der Waals surface area contributed by atoms with Crippen LogP contribution in [0, 0.1) is 34.5 Å². The first-order chi connectivity index (χ1) is 18.5. The van der Waals surface area contributed by atoms with E-state index in [4.69, 9.17) is 14.7 Å². The molecule has 0 aliphatic carbocycles. The van der Waals surface area contributed by atoms with Gasteiger partial charge in [0, 0.05) is 47.8 Å². The molecule has 38 heavy (non-hydrogen) atoms. The maximum Gasteiger partial charge on any atom is 0.172 e. The molecule has 3 aliphatic rings. The van der Waals surface area contributed by atoms with Crippen molar-refractivity contribution in [1.82, 2.24) is 0 Å². The Balaban J connectivity index is 1.29. The van der Waals surface area contributed by atoms with Gasteiger partial charge in [0.2, 0.25) is 0 Å². The number of ketones is 1. The van der Waals surface area contributed by atoms with Crippen LogP contribution >= 0.6 is 0 Å². The molecule has 4 unspecified atom stereocenters. The number of carbonyl (C=O) groups excluding carboxylic acids is 2. The molecule has 3 heterocycles. The number of aldehydes is 1. The van der Waals surface area contributed by atoms with Crippen molar-refractivity contribution < 1.29 is 19.1 Å². The van der Waals surface area contributed by atoms with Gasteiger partial charge < -0.3 is 19.2 Å². The average Bonchev–Trinajstić information content (AvgIpc) is 3.64. The highest BCUT2D eigenvalue weighted by molar-refractivity contribution is 5.99. The molecular formula is C31H27N3O4. The SMILES string of the molecule is N#Cc1ccc(OCCC23CCC(C(=O)CC=O)(O2)C2CN(c4ccc(C#N)c5ccccc45)CC23)cc1. The van der Waals surface area contributed by atoms with Crippen molar-refractivity contribution in [3.63, 3.8) is 0 Å². The molecule has 0 radical (unpaired) electrons. The topological polar surface area (TPSA) is 103 Å². The Hall–Kier alpha value is -4.20. The van der Waals surface area contributed by atoms with Gasteiger partial charge in [0.05, 0.1) is 41.9 Å². The number of hydrogen-bond acceptors (Lipinski definition) is 7. The zero-order valence-electron chi connectivity index (χ0n) is 20.9. The quantitative estimate of drug-likeness (QED) is 0.326. The summed E-state index contributed by atoms with van der Waals surface area (Å²) in [5, 5.41) is 20.6. The van der Waals surface area contributed by atoms with Gasteiger partial charge in [0.15, 0.2) is 5.78 Å². The van der Waals surface area contributed by atoms with Gasteiger partial charge in [-0.25, -0.2) is 0 Å². The highest BCUT2D eigenvalue weighted by Gasteiger charge is 2.71. The fourth-order valence-electron chi connectivity index (χ4n) is 7.03. The number of ether oxygens (including phenoxy) is 2. The van der Waals surface area contributed by atoms with Crippen LogP contribution < -0.4 is 9.64 Å². The number of anilines is 1. The molecule has 2 bridgehead atoms. The fourth-order valence-corrected chi connectivity index (χ4v) is 7.03. The third-order valence-corrected chi connectivity index (χ3v) is 8.78. The maximum absolute atomic E-state index is 13.3. The second-order valence-electron chi connectivity index (χ2n) is 10.5. The zero-order valence-corrected chi connectivity index (χ0v) is 20.9. The molecule has 190 valence electrons. The molecule has 0 aromatic heterocycles. The summed E-state index contributed by atoms with van der Waals surface area (Å²) in [5.74, 6) is 0.661. The Labute approximate surface area is 221 Å². The van der Waals surface area contributed by atoms with E-state index in [2.05, 4.69) is 17.0 Å². The Kier molecular flexibility index (Phi) is 5.90. The lowest BCUT2D eigenvalue weighted by Gasteiger charge is -2.33. The minimum absolute atomic E-state index is 0.0204. The van der Waals surface area contributed by atoms with Crippen LogP contribution in [-0.4, -0.2) is 43.0 Å². The van der Waals surface area contributed by atoms with Gasteiger partial charge in [-0.3, -0.25) is 4.79 Å². The Morgan fingerprint density at radius 2 is 1.76 bits per heavy atom. The van der Waals surface area contributed by atoms with Gasteiger partial charge in [0.25, 0.3) is 0 Å². The smallest absolute Gasteiger partial charge is 0.172 e. The summed E-state index contributed by atoms with van der Waals surface area (Å²) >= 11 is 0. The van der Waals surface area contributed by atoms with Crippen LogP contribution in [0.25, 0.3) is 10.8 Å². The van der Waals surface area contributed by atoms with Crippen LogP contribution in [-0.2, 0) is 14.3 Å². The number of nitriles is 2. The van der Waals surface area contributed by atoms with Crippen LogP contribution in [0.15, 0.2) is 60.7 Å². The van der Waals surface area contributed by atoms with Crippen LogP contribution in [0.4, 0.5) is 5.69 Å². The van der Waals surface area contributed by atoms with Gasteiger partial charge in [0.1, 0.15) is 17.6 Å². The molecular weight excluding hydrogens is 478 g/mol. The summed E-state index contributed by atoms with van der Waals surface area (Å²) in [6.45, 7) is 1.81. The predicted octanol–water partition coefficient (Wildman–Crippen LogP) is 4.56. The van der Waals surface area contributed by atoms with E-state index in [1.54, 1.807) is 24.3 Å². The molecule has 0 amide bonds. The summed E-state index contributed by atoms with van der Waals surface area (Å²) in [4.78, 5) is 27.0. The van der Waals surface area contributed by atoms with Crippen molar-refractivity contribution in [1.29, 1.82) is 10.5 Å². The molecule has 3 aliphatic heterocycles. The van der Waals surface area contributed by atoms with Crippen LogP contribution in [0.5, 0.6) is 5.75 Å². The first kappa shape index (κ1) is 24.2. The predicted molar refractivity (Wildman–Crippen MR) is 141 cm³/mol. The summed E-state index contributed by atoms with van der Waals surface area (Å²) in [7, 11) is 0. The van der Waals surface area contributed by atoms with Crippen molar-refractivity contribution in [3.8, 4) is 17.9 Å². The number of benzene rings is 3.